The van der Waals surface area contributed by atoms with Crippen LogP contribution in [0.1, 0.15) is 32.9 Å². The van der Waals surface area contributed by atoms with Gasteiger partial charge < -0.3 is 29.4 Å². The molecule has 2 aromatic heterocycles. The van der Waals surface area contributed by atoms with Crippen molar-refractivity contribution in [1.29, 1.82) is 0 Å². The van der Waals surface area contributed by atoms with Crippen molar-refractivity contribution in [1.82, 2.24) is 15.5 Å². The molecule has 2 amide bonds. The first-order valence-electron chi connectivity index (χ1n) is 11.0. The Hall–Kier alpha value is -3.18. The van der Waals surface area contributed by atoms with Gasteiger partial charge in [-0.05, 0) is 18.4 Å². The number of carbonyl (C=O) groups is 1. The zero-order chi connectivity index (χ0) is 23.9. The fourth-order valence-electron chi connectivity index (χ4n) is 3.61. The summed E-state index contributed by atoms with van der Waals surface area (Å²) in [6.45, 7) is 6.53. The van der Waals surface area contributed by atoms with Crippen molar-refractivity contribution in [2.45, 2.75) is 50.2 Å². The Kier molecular flexibility index (Phi) is 5.90. The topological polar surface area (TPSA) is 123 Å². The zero-order valence-corrected chi connectivity index (χ0v) is 20.2. The average molecular weight is 486 g/mol. The number of nitrogens with zero attached hydrogens (tertiary/aromatic N) is 2. The number of carbonyl (C=O) groups excluding carboxylic acids is 1. The second kappa shape index (κ2) is 8.88. The molecule has 1 saturated heterocycles. The molecule has 0 spiro atoms. The van der Waals surface area contributed by atoms with Gasteiger partial charge in [-0.25, -0.2) is 9.78 Å². The number of hydrogen-bond donors (Lipinski definition) is 3. The smallest absolute Gasteiger partial charge is 0.325 e. The van der Waals surface area contributed by atoms with Crippen molar-refractivity contribution in [3.8, 4) is 11.5 Å². The molecule has 2 aliphatic heterocycles. The molecule has 1 aliphatic carbocycles. The van der Waals surface area contributed by atoms with Crippen LogP contribution in [0.2, 0.25) is 0 Å². The third-order valence-electron chi connectivity index (χ3n) is 5.60. The number of urea groups is 1. The van der Waals surface area contributed by atoms with Crippen molar-refractivity contribution in [3.63, 3.8) is 0 Å². The largest absolute Gasteiger partial charge is 0.483 e. The number of epoxide rings is 1. The summed E-state index contributed by atoms with van der Waals surface area (Å²) < 4.78 is 22.7. The van der Waals surface area contributed by atoms with Gasteiger partial charge in [0.2, 0.25) is 11.6 Å². The van der Waals surface area contributed by atoms with Gasteiger partial charge in [0.05, 0.1) is 10.9 Å². The van der Waals surface area contributed by atoms with Crippen LogP contribution in [0, 0.1) is 0 Å². The maximum Gasteiger partial charge on any atom is 0.325 e. The number of aromatic nitrogens is 2. The summed E-state index contributed by atoms with van der Waals surface area (Å²) in [5.41, 5.74) is 1.38. The summed E-state index contributed by atoms with van der Waals surface area (Å²) in [7, 11) is 0. The number of nitrogens with one attached hydrogen (secondary N) is 3. The molecular formula is C23H27N5O5S. The van der Waals surface area contributed by atoms with E-state index in [1.54, 1.807) is 30.1 Å². The summed E-state index contributed by atoms with van der Waals surface area (Å²) in [6, 6.07) is 3.12. The normalized spacial score (nSPS) is 23.1. The molecule has 11 heteroatoms. The van der Waals surface area contributed by atoms with Gasteiger partial charge in [0.1, 0.15) is 18.5 Å². The first kappa shape index (κ1) is 22.6. The van der Waals surface area contributed by atoms with Gasteiger partial charge in [0.25, 0.3) is 0 Å². The summed E-state index contributed by atoms with van der Waals surface area (Å²) in [5.74, 6) is 2.84. The average Bonchev–Trinajstić information content (AvgIpc) is 3.39. The second-order valence-corrected chi connectivity index (χ2v) is 10.3. The van der Waals surface area contributed by atoms with Gasteiger partial charge in [-0.2, -0.15) is 11.8 Å². The SMILES string of the molecule is CS[C@H]1CC(Oc2ccnc3c2OC[C@@H]2O[C@@H]2N3)=CC=C1NC(=O)Nc1cc(C(C)(C)C)no1. The van der Waals surface area contributed by atoms with E-state index in [0.29, 0.717) is 36.2 Å². The number of amides is 2. The van der Waals surface area contributed by atoms with Gasteiger partial charge in [-0.15, -0.1) is 0 Å². The maximum atomic E-state index is 12.5. The third kappa shape index (κ3) is 4.85. The molecule has 2 aromatic rings. The van der Waals surface area contributed by atoms with Crippen LogP contribution < -0.4 is 25.4 Å². The van der Waals surface area contributed by atoms with Gasteiger partial charge in [-0.1, -0.05) is 25.9 Å². The lowest BCUT2D eigenvalue weighted by Crippen LogP contribution is -2.33. The molecule has 0 aromatic carbocycles. The summed E-state index contributed by atoms with van der Waals surface area (Å²) >= 11 is 1.62. The van der Waals surface area contributed by atoms with Crippen LogP contribution in [-0.2, 0) is 10.2 Å². The van der Waals surface area contributed by atoms with Crippen LogP contribution in [-0.4, -0.2) is 46.6 Å². The predicted molar refractivity (Wildman–Crippen MR) is 128 cm³/mol. The molecule has 180 valence electrons. The second-order valence-electron chi connectivity index (χ2n) is 9.23. The van der Waals surface area contributed by atoms with E-state index in [9.17, 15) is 4.79 Å². The van der Waals surface area contributed by atoms with E-state index in [1.807, 2.05) is 39.2 Å². The molecule has 34 heavy (non-hydrogen) atoms. The zero-order valence-electron chi connectivity index (χ0n) is 19.4. The summed E-state index contributed by atoms with van der Waals surface area (Å²) in [4.78, 5) is 16.9. The summed E-state index contributed by atoms with van der Waals surface area (Å²) in [5, 5.41) is 12.9. The minimum Gasteiger partial charge on any atom is -0.483 e. The maximum absolute atomic E-state index is 12.5. The van der Waals surface area contributed by atoms with Crippen molar-refractivity contribution < 1.29 is 23.5 Å². The lowest BCUT2D eigenvalue weighted by Gasteiger charge is -2.24. The lowest BCUT2D eigenvalue weighted by atomic mass is 9.92. The van der Waals surface area contributed by atoms with E-state index in [-0.39, 0.29) is 29.0 Å². The third-order valence-corrected chi connectivity index (χ3v) is 6.59. The Balaban J connectivity index is 1.25. The number of hydrogen-bond acceptors (Lipinski definition) is 9. The molecule has 3 atom stereocenters. The monoisotopic (exact) mass is 485 g/mol. The predicted octanol–water partition coefficient (Wildman–Crippen LogP) is 4.00. The Morgan fingerprint density at radius 1 is 1.29 bits per heavy atom. The van der Waals surface area contributed by atoms with Crippen molar-refractivity contribution in [2.75, 3.05) is 23.5 Å². The van der Waals surface area contributed by atoms with E-state index in [4.69, 9.17) is 18.7 Å². The van der Waals surface area contributed by atoms with Crippen molar-refractivity contribution in [3.05, 3.63) is 47.6 Å². The van der Waals surface area contributed by atoms with Crippen LogP contribution in [0.25, 0.3) is 0 Å². The number of thioether (sulfide) groups is 1. The Morgan fingerprint density at radius 3 is 2.91 bits per heavy atom. The first-order chi connectivity index (χ1) is 16.3. The molecule has 0 radical (unpaired) electrons. The van der Waals surface area contributed by atoms with E-state index < -0.39 is 0 Å². The summed E-state index contributed by atoms with van der Waals surface area (Å²) in [6.07, 6.45) is 7.95. The fraction of sp³-hybridized carbons (Fsp3) is 0.435. The molecule has 0 unspecified atom stereocenters. The molecule has 5 rings (SSSR count). The van der Waals surface area contributed by atoms with Crippen LogP contribution in [0.15, 0.2) is 46.5 Å². The highest BCUT2D eigenvalue weighted by atomic mass is 32.2. The lowest BCUT2D eigenvalue weighted by molar-refractivity contribution is 0.247. The van der Waals surface area contributed by atoms with Crippen molar-refractivity contribution in [2.24, 2.45) is 0 Å². The first-order valence-corrected chi connectivity index (χ1v) is 12.3. The molecule has 0 bridgehead atoms. The van der Waals surface area contributed by atoms with Crippen LogP contribution in [0.5, 0.6) is 11.5 Å². The molecule has 10 nitrogen and oxygen atoms in total. The minimum absolute atomic E-state index is 0.00569. The number of anilines is 2. The number of rotatable bonds is 5. The standard InChI is InChI=1S/C23H27N5O5S/c1-23(2,3)17-10-18(33-28-17)26-22(29)25-13-6-5-12(9-16(13)34-4)31-14-7-8-24-20-19(14)30-11-15-21(27-20)32-15/h5-8,10,15-16,21H,9,11H2,1-4H3,(H,24,27)(H2,25,26,29)/t15-,16-,21-/m0/s1. The highest BCUT2D eigenvalue weighted by Crippen LogP contribution is 2.41. The Labute approximate surface area is 201 Å². The molecule has 3 aliphatic rings. The van der Waals surface area contributed by atoms with Crippen LogP contribution >= 0.6 is 11.8 Å². The number of ether oxygens (including phenoxy) is 3. The van der Waals surface area contributed by atoms with Gasteiger partial charge in [-0.3, -0.25) is 5.32 Å². The molecule has 4 heterocycles. The molecule has 0 saturated carbocycles. The molecule has 1 fully saturated rings. The van der Waals surface area contributed by atoms with Gasteiger partial charge in [0.15, 0.2) is 17.8 Å². The van der Waals surface area contributed by atoms with E-state index >= 15 is 0 Å². The van der Waals surface area contributed by atoms with E-state index in [0.717, 1.165) is 17.2 Å². The van der Waals surface area contributed by atoms with Gasteiger partial charge in [0, 0.05) is 35.9 Å². The minimum atomic E-state index is -0.389. The molecule has 3 N–H and O–H groups in total. The van der Waals surface area contributed by atoms with Crippen molar-refractivity contribution >= 4 is 29.5 Å². The van der Waals surface area contributed by atoms with Crippen LogP contribution in [0.3, 0.4) is 0 Å². The van der Waals surface area contributed by atoms with Gasteiger partial charge >= 0.3 is 6.03 Å². The Bertz CT molecular complexity index is 1150. The quantitative estimate of drug-likeness (QED) is 0.539. The van der Waals surface area contributed by atoms with E-state index in [1.165, 1.54) is 0 Å². The van der Waals surface area contributed by atoms with Crippen LogP contribution in [0.4, 0.5) is 16.5 Å². The highest BCUT2D eigenvalue weighted by molar-refractivity contribution is 7.99. The fourth-order valence-corrected chi connectivity index (χ4v) is 4.33. The molecular weight excluding hydrogens is 458 g/mol. The number of pyridine rings is 1. The van der Waals surface area contributed by atoms with E-state index in [2.05, 4.69) is 26.1 Å². The number of allylic oxidation sites excluding steroid dienone is 3. The Morgan fingerprint density at radius 2 is 2.15 bits per heavy atom. The number of fused-ring (bicyclic) bond motifs is 2. The highest BCUT2D eigenvalue weighted by Gasteiger charge is 2.43.